The molecule has 44 heavy (non-hydrogen) atoms. The van der Waals surface area contributed by atoms with Crippen molar-refractivity contribution in [2.24, 2.45) is 0 Å². The number of aliphatic hydroxyl groups is 1. The Labute approximate surface area is 273 Å². The minimum Gasteiger partial charge on any atom is -0.387 e. The van der Waals surface area contributed by atoms with E-state index in [0.29, 0.717) is 6.42 Å². The molecule has 0 aromatic rings. The maximum absolute atomic E-state index is 12.4. The van der Waals surface area contributed by atoms with Crippen LogP contribution in [0, 0.1) is 0 Å². The largest absolute Gasteiger partial charge is 0.387 e. The number of carbonyl (C=O) groups excluding carboxylic acids is 1. The highest BCUT2D eigenvalue weighted by Gasteiger charge is 2.24. The third-order valence-electron chi connectivity index (χ3n) is 8.71. The standard InChI is InChI=1S/C37H73NO5S/c1-3-5-7-9-11-13-14-15-16-17-18-19-20-21-22-23-24-25-27-29-31-33-37(40)38-35(34-44(41,42)43)36(39)32-30-28-26-12-10-8-6-4-2/h30,32,35-36,39H,3-29,31,33-34H2,1-2H3,(H,38,40)(H,41,42,43)/b32-30+. The Bertz CT molecular complexity index is 755. The monoisotopic (exact) mass is 644 g/mol. The van der Waals surface area contributed by atoms with Gasteiger partial charge in [0.25, 0.3) is 10.1 Å². The molecular formula is C37H73NO5S. The fourth-order valence-corrected chi connectivity index (χ4v) is 6.60. The molecule has 0 saturated heterocycles. The Morgan fingerprint density at radius 1 is 0.591 bits per heavy atom. The van der Waals surface area contributed by atoms with Crippen LogP contribution in [0.5, 0.6) is 0 Å². The van der Waals surface area contributed by atoms with Crippen LogP contribution in [-0.2, 0) is 14.9 Å². The van der Waals surface area contributed by atoms with Gasteiger partial charge < -0.3 is 10.4 Å². The molecule has 0 aliphatic carbocycles. The molecule has 0 rings (SSSR count). The van der Waals surface area contributed by atoms with E-state index in [1.165, 1.54) is 141 Å². The zero-order valence-electron chi connectivity index (χ0n) is 29.1. The number of hydrogen-bond donors (Lipinski definition) is 3. The van der Waals surface area contributed by atoms with Gasteiger partial charge in [-0.1, -0.05) is 187 Å². The molecule has 7 heteroatoms. The van der Waals surface area contributed by atoms with E-state index in [1.54, 1.807) is 6.08 Å². The number of carbonyl (C=O) groups is 1. The van der Waals surface area contributed by atoms with Crippen molar-refractivity contribution in [1.82, 2.24) is 5.32 Å². The lowest BCUT2D eigenvalue weighted by Gasteiger charge is -2.21. The quantitative estimate of drug-likeness (QED) is 0.0368. The Balaban J connectivity index is 3.77. The molecule has 0 aromatic carbocycles. The van der Waals surface area contributed by atoms with Gasteiger partial charge in [-0.05, 0) is 19.3 Å². The molecule has 2 atom stereocenters. The highest BCUT2D eigenvalue weighted by Crippen LogP contribution is 2.15. The molecule has 0 aliphatic heterocycles. The molecule has 0 saturated carbocycles. The Kier molecular flexibility index (Phi) is 31.4. The third kappa shape index (κ3) is 32.5. The second-order valence-corrected chi connectivity index (χ2v) is 14.7. The van der Waals surface area contributed by atoms with Crippen molar-refractivity contribution in [1.29, 1.82) is 0 Å². The van der Waals surface area contributed by atoms with Gasteiger partial charge in [0.1, 0.15) is 0 Å². The van der Waals surface area contributed by atoms with E-state index in [2.05, 4.69) is 19.2 Å². The summed E-state index contributed by atoms with van der Waals surface area (Å²) in [6, 6.07) is -1.05. The average molecular weight is 644 g/mol. The van der Waals surface area contributed by atoms with Gasteiger partial charge in [-0.25, -0.2) is 0 Å². The first kappa shape index (κ1) is 43.1. The minimum atomic E-state index is -4.33. The first-order valence-corrected chi connectivity index (χ1v) is 20.5. The van der Waals surface area contributed by atoms with Crippen LogP contribution in [0.1, 0.15) is 200 Å². The van der Waals surface area contributed by atoms with Crippen LogP contribution in [0.25, 0.3) is 0 Å². The van der Waals surface area contributed by atoms with E-state index >= 15 is 0 Å². The maximum Gasteiger partial charge on any atom is 0.267 e. The summed E-state index contributed by atoms with van der Waals surface area (Å²) >= 11 is 0. The van der Waals surface area contributed by atoms with Crippen LogP contribution in [0.4, 0.5) is 0 Å². The molecule has 0 spiro atoms. The maximum atomic E-state index is 12.4. The number of rotatable bonds is 34. The van der Waals surface area contributed by atoms with Crippen LogP contribution < -0.4 is 5.32 Å². The summed E-state index contributed by atoms with van der Waals surface area (Å²) in [5.41, 5.74) is 0. The fraction of sp³-hybridized carbons (Fsp3) is 0.919. The number of hydrogen-bond acceptors (Lipinski definition) is 4. The van der Waals surface area contributed by atoms with Crippen molar-refractivity contribution >= 4 is 16.0 Å². The molecule has 0 aliphatic rings. The first-order valence-electron chi connectivity index (χ1n) is 18.9. The molecule has 3 N–H and O–H groups in total. The Morgan fingerprint density at radius 2 is 0.932 bits per heavy atom. The first-order chi connectivity index (χ1) is 21.3. The van der Waals surface area contributed by atoms with E-state index in [9.17, 15) is 22.9 Å². The van der Waals surface area contributed by atoms with Gasteiger partial charge in [-0.2, -0.15) is 8.42 Å². The lowest BCUT2D eigenvalue weighted by molar-refractivity contribution is -0.122. The van der Waals surface area contributed by atoms with Crippen molar-refractivity contribution in [3.05, 3.63) is 12.2 Å². The van der Waals surface area contributed by atoms with Crippen molar-refractivity contribution in [3.63, 3.8) is 0 Å². The second kappa shape index (κ2) is 32.0. The predicted molar refractivity (Wildman–Crippen MR) is 189 cm³/mol. The SMILES string of the molecule is CCCCCCCC/C=C/C(O)C(CS(=O)(=O)O)NC(=O)CCCCCCCCCCCCCCCCCCCCCCC. The molecule has 0 radical (unpaired) electrons. The lowest BCUT2D eigenvalue weighted by atomic mass is 10.0. The van der Waals surface area contributed by atoms with Gasteiger partial charge in [0.2, 0.25) is 5.91 Å². The van der Waals surface area contributed by atoms with Gasteiger partial charge in [0, 0.05) is 6.42 Å². The summed E-state index contributed by atoms with van der Waals surface area (Å²) < 4.78 is 32.2. The normalized spacial score (nSPS) is 13.5. The Morgan fingerprint density at radius 3 is 1.30 bits per heavy atom. The number of aliphatic hydroxyl groups excluding tert-OH is 1. The fourth-order valence-electron chi connectivity index (χ4n) is 5.86. The van der Waals surface area contributed by atoms with Crippen LogP contribution in [0.3, 0.4) is 0 Å². The molecule has 0 aromatic heterocycles. The third-order valence-corrected chi connectivity index (χ3v) is 9.49. The van der Waals surface area contributed by atoms with Gasteiger partial charge in [-0.3, -0.25) is 9.35 Å². The molecule has 1 amide bonds. The van der Waals surface area contributed by atoms with Gasteiger partial charge >= 0.3 is 0 Å². The minimum absolute atomic E-state index is 0.278. The zero-order chi connectivity index (χ0) is 32.6. The molecule has 2 unspecified atom stereocenters. The summed E-state index contributed by atoms with van der Waals surface area (Å²) in [6.07, 6.45) is 37.9. The topological polar surface area (TPSA) is 104 Å². The van der Waals surface area contributed by atoms with Crippen LogP contribution >= 0.6 is 0 Å². The van der Waals surface area contributed by atoms with Crippen LogP contribution in [0.2, 0.25) is 0 Å². The predicted octanol–water partition coefficient (Wildman–Crippen LogP) is 10.6. The second-order valence-electron chi connectivity index (χ2n) is 13.2. The van der Waals surface area contributed by atoms with Crippen LogP contribution in [0.15, 0.2) is 12.2 Å². The molecule has 0 bridgehead atoms. The Hall–Kier alpha value is -0.920. The van der Waals surface area contributed by atoms with Crippen molar-refractivity contribution in [2.75, 3.05) is 5.75 Å². The van der Waals surface area contributed by atoms with Crippen molar-refractivity contribution in [2.45, 2.75) is 212 Å². The molecule has 6 nitrogen and oxygen atoms in total. The van der Waals surface area contributed by atoms with E-state index < -0.39 is 28.0 Å². The number of nitrogens with one attached hydrogen (secondary N) is 1. The van der Waals surface area contributed by atoms with E-state index in [0.717, 1.165) is 38.5 Å². The summed E-state index contributed by atoms with van der Waals surface area (Å²) in [7, 11) is -4.33. The summed E-state index contributed by atoms with van der Waals surface area (Å²) in [5, 5.41) is 13.1. The van der Waals surface area contributed by atoms with Crippen LogP contribution in [-0.4, -0.2) is 41.9 Å². The highest BCUT2D eigenvalue weighted by molar-refractivity contribution is 7.85. The number of unbranched alkanes of at least 4 members (excludes halogenated alkanes) is 26. The zero-order valence-corrected chi connectivity index (χ0v) is 29.9. The molecule has 0 fully saturated rings. The number of amides is 1. The summed E-state index contributed by atoms with van der Waals surface area (Å²) in [4.78, 5) is 12.4. The number of allylic oxidation sites excluding steroid dienone is 1. The van der Waals surface area contributed by atoms with Gasteiger partial charge in [0.05, 0.1) is 17.9 Å². The molecule has 0 heterocycles. The van der Waals surface area contributed by atoms with Crippen molar-refractivity contribution < 1.29 is 22.9 Å². The lowest BCUT2D eigenvalue weighted by Crippen LogP contribution is -2.46. The van der Waals surface area contributed by atoms with E-state index in [-0.39, 0.29) is 5.91 Å². The summed E-state index contributed by atoms with van der Waals surface area (Å²) in [6.45, 7) is 4.47. The van der Waals surface area contributed by atoms with Crippen molar-refractivity contribution in [3.8, 4) is 0 Å². The van der Waals surface area contributed by atoms with Gasteiger partial charge in [0.15, 0.2) is 0 Å². The van der Waals surface area contributed by atoms with Gasteiger partial charge in [-0.15, -0.1) is 0 Å². The smallest absolute Gasteiger partial charge is 0.267 e. The summed E-state index contributed by atoms with van der Waals surface area (Å²) in [5.74, 6) is -0.972. The molecular weight excluding hydrogens is 570 g/mol. The highest BCUT2D eigenvalue weighted by atomic mass is 32.2. The van der Waals surface area contributed by atoms with E-state index in [1.807, 2.05) is 6.08 Å². The molecule has 262 valence electrons. The van der Waals surface area contributed by atoms with E-state index in [4.69, 9.17) is 0 Å². The average Bonchev–Trinajstić information content (AvgIpc) is 2.98.